The number of Topliss-reactive ketones (excluding diaryl/α,β-unsaturated/α-hetero) is 1. The molecule has 0 aliphatic carbocycles. The number of benzene rings is 1. The van der Waals surface area contributed by atoms with Crippen LogP contribution in [-0.2, 0) is 21.1 Å². The van der Waals surface area contributed by atoms with Crippen LogP contribution in [0.1, 0.15) is 12.5 Å². The second-order valence-corrected chi connectivity index (χ2v) is 5.52. The highest BCUT2D eigenvalue weighted by atomic mass is 32.2. The van der Waals surface area contributed by atoms with Gasteiger partial charge in [-0.25, -0.2) is 12.8 Å². The Bertz CT molecular complexity index is 534. The summed E-state index contributed by atoms with van der Waals surface area (Å²) in [5.74, 6) is -2.24. The summed E-state index contributed by atoms with van der Waals surface area (Å²) in [6.07, 6.45) is 0.711. The maximum atomic E-state index is 13.5. The van der Waals surface area contributed by atoms with Gasteiger partial charge in [0.15, 0.2) is 21.4 Å². The van der Waals surface area contributed by atoms with Gasteiger partial charge in [0.2, 0.25) is 0 Å². The Morgan fingerprint density at radius 2 is 2.00 bits per heavy atom. The molecule has 0 amide bonds. The molecule has 0 radical (unpaired) electrons. The minimum atomic E-state index is -3.72. The van der Waals surface area contributed by atoms with Crippen molar-refractivity contribution in [2.24, 2.45) is 0 Å². The average molecular weight is 246 g/mol. The molecule has 0 atom stereocenters. The van der Waals surface area contributed by atoms with E-state index in [-0.39, 0.29) is 17.8 Å². The number of aromatic hydroxyl groups is 1. The first-order chi connectivity index (χ1) is 7.23. The van der Waals surface area contributed by atoms with Crippen molar-refractivity contribution >= 4 is 15.6 Å². The van der Waals surface area contributed by atoms with Gasteiger partial charge in [-0.1, -0.05) is 6.07 Å². The second-order valence-electron chi connectivity index (χ2n) is 3.54. The molecule has 0 aliphatic heterocycles. The Morgan fingerprint density at radius 1 is 1.44 bits per heavy atom. The van der Waals surface area contributed by atoms with Crippen LogP contribution in [0.3, 0.4) is 0 Å². The number of halogens is 1. The zero-order valence-corrected chi connectivity index (χ0v) is 9.64. The van der Waals surface area contributed by atoms with Gasteiger partial charge < -0.3 is 5.11 Å². The highest BCUT2D eigenvalue weighted by Crippen LogP contribution is 2.27. The third-order valence-corrected chi connectivity index (χ3v) is 3.12. The molecule has 6 heteroatoms. The fourth-order valence-electron chi connectivity index (χ4n) is 1.28. The van der Waals surface area contributed by atoms with Gasteiger partial charge in [-0.3, -0.25) is 4.79 Å². The van der Waals surface area contributed by atoms with Crippen LogP contribution >= 0.6 is 0 Å². The van der Waals surface area contributed by atoms with Gasteiger partial charge in [0.25, 0.3) is 0 Å². The first-order valence-electron chi connectivity index (χ1n) is 4.43. The van der Waals surface area contributed by atoms with Crippen molar-refractivity contribution in [1.29, 1.82) is 0 Å². The maximum absolute atomic E-state index is 13.5. The minimum absolute atomic E-state index is 0.0809. The number of phenolic OH excluding ortho intramolecular Hbond substituents is 1. The standard InChI is InChI=1S/C10H11FO4S/c1-6(12)5-7-3-4-8(16(2,14)15)9(11)10(7)13/h3-4,13H,5H2,1-2H3. The van der Waals surface area contributed by atoms with Gasteiger partial charge in [0.05, 0.1) is 0 Å². The summed E-state index contributed by atoms with van der Waals surface area (Å²) in [5.41, 5.74) is 0.0809. The van der Waals surface area contributed by atoms with Crippen LogP contribution < -0.4 is 0 Å². The third kappa shape index (κ3) is 2.57. The van der Waals surface area contributed by atoms with Crippen molar-refractivity contribution in [3.8, 4) is 5.75 Å². The molecule has 1 N–H and O–H groups in total. The summed E-state index contributed by atoms with van der Waals surface area (Å²) in [4.78, 5) is 10.2. The third-order valence-electron chi connectivity index (χ3n) is 2.00. The fourth-order valence-corrected chi connectivity index (χ4v) is 2.02. The van der Waals surface area contributed by atoms with E-state index in [2.05, 4.69) is 0 Å². The Labute approximate surface area is 92.6 Å². The van der Waals surface area contributed by atoms with Gasteiger partial charge in [-0.15, -0.1) is 0 Å². The van der Waals surface area contributed by atoms with Crippen molar-refractivity contribution in [2.75, 3.05) is 6.26 Å². The largest absolute Gasteiger partial charge is 0.505 e. The Balaban J connectivity index is 3.35. The predicted molar refractivity (Wildman–Crippen MR) is 55.6 cm³/mol. The normalized spacial score (nSPS) is 11.4. The predicted octanol–water partition coefficient (Wildman–Crippen LogP) is 1.07. The van der Waals surface area contributed by atoms with E-state index in [1.165, 1.54) is 13.0 Å². The van der Waals surface area contributed by atoms with E-state index >= 15 is 0 Å². The van der Waals surface area contributed by atoms with E-state index in [4.69, 9.17) is 0 Å². The molecule has 88 valence electrons. The Kier molecular flexibility index (Phi) is 3.32. The summed E-state index contributed by atoms with van der Waals surface area (Å²) < 4.78 is 35.7. The van der Waals surface area contributed by atoms with Gasteiger partial charge in [0, 0.05) is 18.2 Å². The number of phenols is 1. The van der Waals surface area contributed by atoms with Crippen molar-refractivity contribution in [1.82, 2.24) is 0 Å². The lowest BCUT2D eigenvalue weighted by atomic mass is 10.1. The molecular weight excluding hydrogens is 235 g/mol. The number of ketones is 1. The summed E-state index contributed by atoms with van der Waals surface area (Å²) in [6.45, 7) is 1.29. The van der Waals surface area contributed by atoms with Crippen molar-refractivity contribution < 1.29 is 22.7 Å². The second kappa shape index (κ2) is 4.21. The summed E-state index contributed by atoms with van der Waals surface area (Å²) in [7, 11) is -3.72. The molecule has 4 nitrogen and oxygen atoms in total. The minimum Gasteiger partial charge on any atom is -0.505 e. The summed E-state index contributed by atoms with van der Waals surface area (Å²) in [6, 6.07) is 2.28. The molecule has 1 aromatic rings. The molecule has 0 aliphatic rings. The molecule has 16 heavy (non-hydrogen) atoms. The zero-order chi connectivity index (χ0) is 12.5. The van der Waals surface area contributed by atoms with Gasteiger partial charge in [-0.05, 0) is 13.0 Å². The van der Waals surface area contributed by atoms with E-state index in [9.17, 15) is 22.7 Å². The molecular formula is C10H11FO4S. The molecule has 0 spiro atoms. The molecule has 0 unspecified atom stereocenters. The average Bonchev–Trinajstić information content (AvgIpc) is 2.10. The molecule has 0 bridgehead atoms. The lowest BCUT2D eigenvalue weighted by molar-refractivity contribution is -0.116. The first-order valence-corrected chi connectivity index (χ1v) is 6.32. The van der Waals surface area contributed by atoms with Crippen LogP contribution in [0, 0.1) is 5.82 Å². The lowest BCUT2D eigenvalue weighted by Crippen LogP contribution is -2.04. The number of hydrogen-bond donors (Lipinski definition) is 1. The maximum Gasteiger partial charge on any atom is 0.183 e. The van der Waals surface area contributed by atoms with Gasteiger partial charge in [-0.2, -0.15) is 0 Å². The van der Waals surface area contributed by atoms with Crippen LogP contribution in [0.4, 0.5) is 4.39 Å². The number of carbonyl (C=O) groups excluding carboxylic acids is 1. The van der Waals surface area contributed by atoms with E-state index in [1.807, 2.05) is 0 Å². The smallest absolute Gasteiger partial charge is 0.183 e. The number of sulfone groups is 1. The monoisotopic (exact) mass is 246 g/mol. The quantitative estimate of drug-likeness (QED) is 0.865. The van der Waals surface area contributed by atoms with E-state index in [0.717, 1.165) is 12.3 Å². The molecule has 0 saturated carbocycles. The Morgan fingerprint density at radius 3 is 2.44 bits per heavy atom. The highest BCUT2D eigenvalue weighted by Gasteiger charge is 2.19. The molecule has 1 rings (SSSR count). The van der Waals surface area contributed by atoms with E-state index < -0.39 is 26.3 Å². The van der Waals surface area contributed by atoms with Gasteiger partial charge in [0.1, 0.15) is 10.7 Å². The molecule has 0 heterocycles. The van der Waals surface area contributed by atoms with E-state index in [0.29, 0.717) is 0 Å². The lowest BCUT2D eigenvalue weighted by Gasteiger charge is -2.07. The number of carbonyl (C=O) groups is 1. The topological polar surface area (TPSA) is 71.4 Å². The zero-order valence-electron chi connectivity index (χ0n) is 8.82. The SMILES string of the molecule is CC(=O)Cc1ccc(S(C)(=O)=O)c(F)c1O. The number of rotatable bonds is 3. The molecule has 0 aromatic heterocycles. The first kappa shape index (κ1) is 12.6. The van der Waals surface area contributed by atoms with Gasteiger partial charge >= 0.3 is 0 Å². The van der Waals surface area contributed by atoms with E-state index in [1.54, 1.807) is 0 Å². The van der Waals surface area contributed by atoms with Crippen LogP contribution in [0.2, 0.25) is 0 Å². The van der Waals surface area contributed by atoms with Crippen LogP contribution in [0.5, 0.6) is 5.75 Å². The van der Waals surface area contributed by atoms with Crippen molar-refractivity contribution in [2.45, 2.75) is 18.2 Å². The molecule has 0 saturated heterocycles. The highest BCUT2D eigenvalue weighted by molar-refractivity contribution is 7.90. The van der Waals surface area contributed by atoms with Crippen molar-refractivity contribution in [3.05, 3.63) is 23.5 Å². The number of hydrogen-bond acceptors (Lipinski definition) is 4. The van der Waals surface area contributed by atoms with Crippen LogP contribution in [0.25, 0.3) is 0 Å². The Hall–Kier alpha value is -1.43. The van der Waals surface area contributed by atoms with Crippen LogP contribution in [-0.4, -0.2) is 25.6 Å². The van der Waals surface area contributed by atoms with Crippen LogP contribution in [0.15, 0.2) is 17.0 Å². The summed E-state index contributed by atoms with van der Waals surface area (Å²) in [5, 5.41) is 9.40. The van der Waals surface area contributed by atoms with Crippen molar-refractivity contribution in [3.63, 3.8) is 0 Å². The molecule has 1 aromatic carbocycles. The fraction of sp³-hybridized carbons (Fsp3) is 0.300. The summed E-state index contributed by atoms with van der Waals surface area (Å²) >= 11 is 0. The molecule has 0 fully saturated rings.